The highest BCUT2D eigenvalue weighted by molar-refractivity contribution is 7.98. The Morgan fingerprint density at radius 1 is 1.11 bits per heavy atom. The van der Waals surface area contributed by atoms with Crippen LogP contribution in [-0.2, 0) is 15.3 Å². The van der Waals surface area contributed by atoms with E-state index in [9.17, 15) is 9.59 Å². The SMILES string of the molecule is CCC(=O)N[C@@H]1C[C@@H](C(=O)Nc2ccc(SCc3ccccc3)cc2)N(C)C1. The smallest absolute Gasteiger partial charge is 0.241 e. The number of rotatable bonds is 7. The van der Waals surface area contributed by atoms with Gasteiger partial charge in [-0.2, -0.15) is 0 Å². The first-order chi connectivity index (χ1) is 13.5. The van der Waals surface area contributed by atoms with Crippen LogP contribution in [0.15, 0.2) is 59.5 Å². The third-order valence-corrected chi connectivity index (χ3v) is 5.99. The number of nitrogens with zero attached hydrogens (tertiary/aromatic N) is 1. The first-order valence-corrected chi connectivity index (χ1v) is 10.6. The number of anilines is 1. The minimum Gasteiger partial charge on any atom is -0.352 e. The molecule has 0 aliphatic carbocycles. The van der Waals surface area contributed by atoms with Crippen LogP contribution in [0.25, 0.3) is 0 Å². The number of amides is 2. The molecule has 2 amide bonds. The molecule has 6 heteroatoms. The highest BCUT2D eigenvalue weighted by Crippen LogP contribution is 2.25. The van der Waals surface area contributed by atoms with Crippen molar-refractivity contribution in [1.29, 1.82) is 0 Å². The van der Waals surface area contributed by atoms with Gasteiger partial charge in [0, 0.05) is 35.3 Å². The zero-order valence-corrected chi connectivity index (χ0v) is 17.2. The lowest BCUT2D eigenvalue weighted by Crippen LogP contribution is -2.37. The molecule has 5 nitrogen and oxygen atoms in total. The normalized spacial score (nSPS) is 19.4. The molecule has 1 fully saturated rings. The largest absolute Gasteiger partial charge is 0.352 e. The summed E-state index contributed by atoms with van der Waals surface area (Å²) >= 11 is 1.77. The van der Waals surface area contributed by atoms with Crippen LogP contribution in [-0.4, -0.2) is 42.4 Å². The lowest BCUT2D eigenvalue weighted by atomic mass is 10.1. The molecule has 0 bridgehead atoms. The summed E-state index contributed by atoms with van der Waals surface area (Å²) < 4.78 is 0. The maximum atomic E-state index is 12.7. The van der Waals surface area contributed by atoms with Crippen LogP contribution in [0.4, 0.5) is 5.69 Å². The Labute approximate surface area is 170 Å². The average molecular weight is 398 g/mol. The maximum absolute atomic E-state index is 12.7. The lowest BCUT2D eigenvalue weighted by Gasteiger charge is -2.18. The van der Waals surface area contributed by atoms with Crippen molar-refractivity contribution < 1.29 is 9.59 Å². The first kappa shape index (κ1) is 20.4. The summed E-state index contributed by atoms with van der Waals surface area (Å²) in [6.45, 7) is 2.53. The Morgan fingerprint density at radius 2 is 1.82 bits per heavy atom. The number of hydrogen-bond donors (Lipinski definition) is 2. The number of carbonyl (C=O) groups excluding carboxylic acids is 2. The highest BCUT2D eigenvalue weighted by Gasteiger charge is 2.34. The molecule has 1 aliphatic rings. The monoisotopic (exact) mass is 397 g/mol. The van der Waals surface area contributed by atoms with Gasteiger partial charge in [0.25, 0.3) is 0 Å². The second-order valence-electron chi connectivity index (χ2n) is 7.10. The van der Waals surface area contributed by atoms with Crippen molar-refractivity contribution in [2.24, 2.45) is 0 Å². The van der Waals surface area contributed by atoms with Crippen LogP contribution in [0, 0.1) is 0 Å². The van der Waals surface area contributed by atoms with Gasteiger partial charge in [0.2, 0.25) is 11.8 Å². The summed E-state index contributed by atoms with van der Waals surface area (Å²) in [4.78, 5) is 27.4. The van der Waals surface area contributed by atoms with Crippen LogP contribution >= 0.6 is 11.8 Å². The summed E-state index contributed by atoms with van der Waals surface area (Å²) in [6, 6.07) is 18.1. The van der Waals surface area contributed by atoms with Crippen LogP contribution in [0.2, 0.25) is 0 Å². The van der Waals surface area contributed by atoms with Crippen molar-refractivity contribution >= 4 is 29.3 Å². The fourth-order valence-corrected chi connectivity index (χ4v) is 4.20. The molecule has 28 heavy (non-hydrogen) atoms. The summed E-state index contributed by atoms with van der Waals surface area (Å²) in [5.74, 6) is 0.924. The van der Waals surface area contributed by atoms with Crippen molar-refractivity contribution in [3.05, 3.63) is 60.2 Å². The fraction of sp³-hybridized carbons (Fsp3) is 0.364. The van der Waals surface area contributed by atoms with Gasteiger partial charge in [0.05, 0.1) is 6.04 Å². The summed E-state index contributed by atoms with van der Waals surface area (Å²) in [5.41, 5.74) is 2.09. The number of likely N-dealkylation sites (tertiary alicyclic amines) is 1. The molecule has 2 N–H and O–H groups in total. The van der Waals surface area contributed by atoms with Crippen LogP contribution < -0.4 is 10.6 Å². The summed E-state index contributed by atoms with van der Waals surface area (Å²) in [5, 5.41) is 5.98. The molecule has 0 radical (unpaired) electrons. The lowest BCUT2D eigenvalue weighted by molar-refractivity contribution is -0.122. The Balaban J connectivity index is 1.51. The molecule has 0 saturated carbocycles. The number of hydrogen-bond acceptors (Lipinski definition) is 4. The predicted molar refractivity (Wildman–Crippen MR) is 114 cm³/mol. The van der Waals surface area contributed by atoms with Crippen molar-refractivity contribution in [3.8, 4) is 0 Å². The molecule has 3 rings (SSSR count). The van der Waals surface area contributed by atoms with Gasteiger partial charge in [-0.15, -0.1) is 11.8 Å². The Bertz CT molecular complexity index is 795. The van der Waals surface area contributed by atoms with Crippen LogP contribution in [0.1, 0.15) is 25.3 Å². The molecular formula is C22H27N3O2S. The third-order valence-electron chi connectivity index (χ3n) is 4.91. The minimum atomic E-state index is -0.228. The zero-order valence-electron chi connectivity index (χ0n) is 16.4. The highest BCUT2D eigenvalue weighted by atomic mass is 32.2. The summed E-state index contributed by atoms with van der Waals surface area (Å²) in [6.07, 6.45) is 1.10. The van der Waals surface area contributed by atoms with E-state index in [4.69, 9.17) is 0 Å². The van der Waals surface area contributed by atoms with E-state index in [0.717, 1.165) is 11.4 Å². The quantitative estimate of drug-likeness (QED) is 0.702. The number of nitrogens with one attached hydrogen (secondary N) is 2. The van der Waals surface area contributed by atoms with Crippen molar-refractivity contribution in [2.75, 3.05) is 18.9 Å². The zero-order chi connectivity index (χ0) is 19.9. The molecule has 0 spiro atoms. The molecule has 1 aliphatic heterocycles. The number of benzene rings is 2. The van der Waals surface area contributed by atoms with E-state index >= 15 is 0 Å². The van der Waals surface area contributed by atoms with Gasteiger partial charge in [-0.25, -0.2) is 0 Å². The minimum absolute atomic E-state index is 0.0274. The molecular weight excluding hydrogens is 370 g/mol. The Morgan fingerprint density at radius 3 is 2.50 bits per heavy atom. The predicted octanol–water partition coefficient (Wildman–Crippen LogP) is 3.52. The molecule has 2 aromatic carbocycles. The van der Waals surface area contributed by atoms with E-state index < -0.39 is 0 Å². The van der Waals surface area contributed by atoms with Gasteiger partial charge < -0.3 is 10.6 Å². The fourth-order valence-electron chi connectivity index (χ4n) is 3.34. The van der Waals surface area contributed by atoms with E-state index in [1.807, 2.05) is 61.3 Å². The molecule has 1 saturated heterocycles. The Kier molecular flexibility index (Phi) is 7.12. The second kappa shape index (κ2) is 9.75. The van der Waals surface area contributed by atoms with Gasteiger partial charge in [-0.1, -0.05) is 37.3 Å². The van der Waals surface area contributed by atoms with E-state index in [2.05, 4.69) is 22.8 Å². The number of carbonyl (C=O) groups is 2. The van der Waals surface area contributed by atoms with E-state index in [1.54, 1.807) is 11.8 Å². The van der Waals surface area contributed by atoms with E-state index in [-0.39, 0.29) is 23.9 Å². The van der Waals surface area contributed by atoms with Gasteiger partial charge in [0.1, 0.15) is 0 Å². The van der Waals surface area contributed by atoms with Crippen LogP contribution in [0.3, 0.4) is 0 Å². The average Bonchev–Trinajstić information content (AvgIpc) is 3.08. The molecule has 0 unspecified atom stereocenters. The molecule has 1 heterocycles. The Hall–Kier alpha value is -2.31. The van der Waals surface area contributed by atoms with E-state index in [1.165, 1.54) is 10.5 Å². The molecule has 148 valence electrons. The summed E-state index contributed by atoms with van der Waals surface area (Å²) in [7, 11) is 1.92. The molecule has 2 aromatic rings. The molecule has 0 aromatic heterocycles. The van der Waals surface area contributed by atoms with Gasteiger partial charge in [0.15, 0.2) is 0 Å². The van der Waals surface area contributed by atoms with Gasteiger partial charge in [-0.3, -0.25) is 14.5 Å². The number of thioether (sulfide) groups is 1. The van der Waals surface area contributed by atoms with Crippen molar-refractivity contribution in [3.63, 3.8) is 0 Å². The van der Waals surface area contributed by atoms with Gasteiger partial charge in [-0.05, 0) is 43.3 Å². The third kappa shape index (κ3) is 5.59. The topological polar surface area (TPSA) is 61.4 Å². The first-order valence-electron chi connectivity index (χ1n) is 9.62. The van der Waals surface area contributed by atoms with Crippen molar-refractivity contribution in [2.45, 2.75) is 42.5 Å². The second-order valence-corrected chi connectivity index (χ2v) is 8.15. The van der Waals surface area contributed by atoms with Crippen LogP contribution in [0.5, 0.6) is 0 Å². The maximum Gasteiger partial charge on any atom is 0.241 e. The standard InChI is InChI=1S/C22H27N3O2S/c1-3-21(26)23-18-13-20(25(2)14-18)22(27)24-17-9-11-19(12-10-17)28-15-16-7-5-4-6-8-16/h4-12,18,20H,3,13-15H2,1-2H3,(H,23,26)(H,24,27)/t18-,20+/m1/s1. The van der Waals surface area contributed by atoms with Crippen molar-refractivity contribution in [1.82, 2.24) is 10.2 Å². The molecule has 2 atom stereocenters. The van der Waals surface area contributed by atoms with Gasteiger partial charge >= 0.3 is 0 Å². The number of likely N-dealkylation sites (N-methyl/N-ethyl adjacent to an activating group) is 1. The van der Waals surface area contributed by atoms with E-state index in [0.29, 0.717) is 19.4 Å².